The Balaban J connectivity index is 2.02. The van der Waals surface area contributed by atoms with E-state index in [1.807, 2.05) is 65.0 Å². The number of aliphatic hydroxyl groups is 1. The molecule has 0 spiro atoms. The van der Waals surface area contributed by atoms with Crippen LogP contribution < -0.4 is 26.6 Å². The Kier molecular flexibility index (Phi) is 19.6. The van der Waals surface area contributed by atoms with Gasteiger partial charge in [0.05, 0.1) is 12.1 Å². The summed E-state index contributed by atoms with van der Waals surface area (Å²) in [6, 6.07) is 8.39. The monoisotopic (exact) mass is 897 g/mol. The van der Waals surface area contributed by atoms with E-state index >= 15 is 4.39 Å². The molecule has 0 aliphatic carbocycles. The number of carbonyl (C=O) groups excluding carboxylic acids is 5. The van der Waals surface area contributed by atoms with Gasteiger partial charge < -0.3 is 51.4 Å². The minimum atomic E-state index is -1.50. The third-order valence-electron chi connectivity index (χ3n) is 10.5. The van der Waals surface area contributed by atoms with Crippen molar-refractivity contribution in [2.24, 2.45) is 11.3 Å². The molecule has 0 fully saturated rings. The number of likely N-dealkylation sites (N-methyl/N-ethyl adjacent to an activating group) is 1. The van der Waals surface area contributed by atoms with Gasteiger partial charge in [-0.25, -0.2) is 13.6 Å². The molecule has 0 aliphatic heterocycles. The number of rotatable bonds is 24. The van der Waals surface area contributed by atoms with Crippen molar-refractivity contribution in [3.05, 3.63) is 83.7 Å². The number of carboxylic acid groups (broad SMARTS) is 2. The number of carboxylic acids is 2. The van der Waals surface area contributed by atoms with E-state index < -0.39 is 108 Å². The Morgan fingerprint density at radius 1 is 0.812 bits per heavy atom. The molecule has 0 unspecified atom stereocenters. The average molecular weight is 898 g/mol. The molecule has 17 nitrogen and oxygen atoms in total. The van der Waals surface area contributed by atoms with Crippen LogP contribution in [0, 0.1) is 23.0 Å². The van der Waals surface area contributed by atoms with Gasteiger partial charge in [-0.15, -0.1) is 0 Å². The molecular formula is C45H61F2N7O10. The van der Waals surface area contributed by atoms with E-state index in [2.05, 4.69) is 26.6 Å². The smallest absolute Gasteiger partial charge is 0.326 e. The van der Waals surface area contributed by atoms with E-state index in [1.165, 1.54) is 11.8 Å². The van der Waals surface area contributed by atoms with Crippen molar-refractivity contribution in [1.82, 2.24) is 36.1 Å². The lowest BCUT2D eigenvalue weighted by molar-refractivity contribution is -0.143. The molecule has 350 valence electrons. The first-order valence-electron chi connectivity index (χ1n) is 21.0. The van der Waals surface area contributed by atoms with E-state index in [1.54, 1.807) is 23.9 Å². The topological polar surface area (TPSA) is 248 Å². The number of nitrogens with one attached hydrogen (secondary N) is 5. The Hall–Kier alpha value is -6.21. The quantitative estimate of drug-likeness (QED) is 0.0650. The molecule has 19 heteroatoms. The Morgan fingerprint density at radius 3 is 2.06 bits per heavy atom. The van der Waals surface area contributed by atoms with Crippen LogP contribution >= 0.6 is 0 Å². The van der Waals surface area contributed by atoms with Crippen molar-refractivity contribution in [1.29, 1.82) is 0 Å². The highest BCUT2D eigenvalue weighted by Gasteiger charge is 2.38. The van der Waals surface area contributed by atoms with Crippen LogP contribution in [0.3, 0.4) is 0 Å². The van der Waals surface area contributed by atoms with Crippen molar-refractivity contribution in [3.63, 3.8) is 0 Å². The first-order valence-corrected chi connectivity index (χ1v) is 21.0. The summed E-state index contributed by atoms with van der Waals surface area (Å²) in [4.78, 5) is 90.9. The highest BCUT2D eigenvalue weighted by Crippen LogP contribution is 2.41. The first kappa shape index (κ1) is 52.1. The van der Waals surface area contributed by atoms with Gasteiger partial charge in [0, 0.05) is 55.5 Å². The van der Waals surface area contributed by atoms with Gasteiger partial charge in [-0.1, -0.05) is 65.0 Å². The van der Waals surface area contributed by atoms with Crippen LogP contribution in [0.2, 0.25) is 0 Å². The van der Waals surface area contributed by atoms with Crippen LogP contribution in [-0.2, 0) is 40.1 Å². The first-order chi connectivity index (χ1) is 30.1. The summed E-state index contributed by atoms with van der Waals surface area (Å²) in [7, 11) is 1.59. The number of hydrogen-bond donors (Lipinski definition) is 8. The van der Waals surface area contributed by atoms with E-state index in [4.69, 9.17) is 5.11 Å². The maximum atomic E-state index is 15.2. The molecule has 0 radical (unpaired) electrons. The molecule has 1 aromatic heterocycles. The van der Waals surface area contributed by atoms with E-state index in [9.17, 15) is 48.2 Å². The van der Waals surface area contributed by atoms with Crippen molar-refractivity contribution in [2.45, 2.75) is 104 Å². The van der Waals surface area contributed by atoms with Gasteiger partial charge in [0.15, 0.2) is 0 Å². The molecule has 3 rings (SSSR count). The number of aromatic nitrogens is 1. The molecule has 5 atom stereocenters. The van der Waals surface area contributed by atoms with Crippen molar-refractivity contribution in [2.75, 3.05) is 26.7 Å². The van der Waals surface area contributed by atoms with Gasteiger partial charge in [0.2, 0.25) is 29.5 Å². The van der Waals surface area contributed by atoms with Crippen LogP contribution in [0.4, 0.5) is 8.78 Å². The number of amides is 5. The highest BCUT2D eigenvalue weighted by molar-refractivity contribution is 5.93. The lowest BCUT2D eigenvalue weighted by Gasteiger charge is -2.41. The maximum Gasteiger partial charge on any atom is 0.326 e. The maximum absolute atomic E-state index is 15.2. The molecule has 64 heavy (non-hydrogen) atoms. The largest absolute Gasteiger partial charge is 0.481 e. The SMILES string of the molecule is CN[C@H](C(=O)N[C@@H](C)C(=O)N[C@@H](CCN(C(=O)CO)[C@@H](c1cc(-c2cc(F)ccc2F)cn1Cc1ccccc1)C(C)(C)C)C(=O)NCCC(=O)N[C@H](CCC(=O)O)C(=O)O)C(C)C. The molecule has 3 aromatic rings. The predicted molar refractivity (Wildman–Crippen MR) is 232 cm³/mol. The summed E-state index contributed by atoms with van der Waals surface area (Å²) in [5, 5.41) is 41.6. The van der Waals surface area contributed by atoms with Gasteiger partial charge in [-0.3, -0.25) is 28.8 Å². The summed E-state index contributed by atoms with van der Waals surface area (Å²) >= 11 is 0. The summed E-state index contributed by atoms with van der Waals surface area (Å²) < 4.78 is 31.5. The molecular weight excluding hydrogens is 837 g/mol. The summed E-state index contributed by atoms with van der Waals surface area (Å²) in [6.45, 7) is 9.24. The third kappa shape index (κ3) is 15.3. The van der Waals surface area contributed by atoms with E-state index in [0.29, 0.717) is 11.3 Å². The number of nitrogens with zero attached hydrogens (tertiary/aromatic N) is 2. The molecule has 8 N–H and O–H groups in total. The van der Waals surface area contributed by atoms with Crippen LogP contribution in [0.15, 0.2) is 60.8 Å². The van der Waals surface area contributed by atoms with Crippen LogP contribution in [0.5, 0.6) is 0 Å². The van der Waals surface area contributed by atoms with Gasteiger partial charge in [-0.2, -0.15) is 0 Å². The molecule has 5 amide bonds. The second-order valence-electron chi connectivity index (χ2n) is 16.9. The number of hydrogen-bond acceptors (Lipinski definition) is 9. The minimum Gasteiger partial charge on any atom is -0.481 e. The molecule has 0 bridgehead atoms. The third-order valence-corrected chi connectivity index (χ3v) is 10.5. The Bertz CT molecular complexity index is 2110. The summed E-state index contributed by atoms with van der Waals surface area (Å²) in [6.07, 6.45) is 0.0555. The second kappa shape index (κ2) is 24.0. The fourth-order valence-corrected chi connectivity index (χ4v) is 7.28. The molecule has 0 saturated heterocycles. The number of aliphatic carboxylic acids is 2. The van der Waals surface area contributed by atoms with Crippen LogP contribution in [0.25, 0.3) is 11.1 Å². The zero-order valence-electron chi connectivity index (χ0n) is 37.2. The van der Waals surface area contributed by atoms with Crippen LogP contribution in [0.1, 0.15) is 84.5 Å². The van der Waals surface area contributed by atoms with E-state index in [-0.39, 0.29) is 44.0 Å². The number of halogens is 2. The molecule has 1 heterocycles. The second-order valence-corrected chi connectivity index (χ2v) is 16.9. The standard InChI is InChI=1S/C45H61F2N7O10/c1-26(2)39(48-7)43(62)50-27(3)41(60)52-33(42(61)49-19-17-36(56)51-34(44(63)64)15-16-38(58)59)18-20-54(37(57)25-55)40(45(4,5)6)35-21-29(31-22-30(46)13-14-32(31)47)24-53(35)23-28-11-9-8-10-12-28/h8-14,21-22,24,26-27,33-34,39-40,48,55H,15-20,23,25H2,1-7H3,(H,49,61)(H,50,62)(H,51,56)(H,52,60)(H,58,59)(H,63,64)/t27-,33-,34+,39-,40-/m0/s1. The lowest BCUT2D eigenvalue weighted by atomic mass is 9.82. The van der Waals surface area contributed by atoms with Gasteiger partial charge in [0.1, 0.15) is 36.4 Å². The van der Waals surface area contributed by atoms with Crippen molar-refractivity contribution >= 4 is 41.5 Å². The number of aliphatic hydroxyl groups excluding tert-OH is 1. The van der Waals surface area contributed by atoms with Gasteiger partial charge in [-0.05, 0) is 68.0 Å². The van der Waals surface area contributed by atoms with Crippen LogP contribution in [-0.4, -0.2) is 117 Å². The number of benzene rings is 2. The molecule has 0 saturated carbocycles. The summed E-state index contributed by atoms with van der Waals surface area (Å²) in [5.41, 5.74) is 0.800. The molecule has 2 aromatic carbocycles. The van der Waals surface area contributed by atoms with Crippen molar-refractivity contribution in [3.8, 4) is 11.1 Å². The minimum absolute atomic E-state index is 0.0247. The van der Waals surface area contributed by atoms with Gasteiger partial charge in [0.25, 0.3) is 0 Å². The average Bonchev–Trinajstić information content (AvgIpc) is 3.62. The zero-order chi connectivity index (χ0) is 47.9. The fourth-order valence-electron chi connectivity index (χ4n) is 7.28. The summed E-state index contributed by atoms with van der Waals surface area (Å²) in [5.74, 6) is -7.79. The molecule has 0 aliphatic rings. The predicted octanol–water partition coefficient (Wildman–Crippen LogP) is 2.95. The normalized spacial score (nSPS) is 13.8. The lowest BCUT2D eigenvalue weighted by Crippen LogP contribution is -2.56. The zero-order valence-corrected chi connectivity index (χ0v) is 37.2. The van der Waals surface area contributed by atoms with Gasteiger partial charge >= 0.3 is 11.9 Å². The Labute approximate surface area is 371 Å². The van der Waals surface area contributed by atoms with Crippen molar-refractivity contribution < 1.29 is 57.7 Å². The Morgan fingerprint density at radius 2 is 1.48 bits per heavy atom. The highest BCUT2D eigenvalue weighted by atomic mass is 19.1. The fraction of sp³-hybridized carbons (Fsp3) is 0.489. The van der Waals surface area contributed by atoms with E-state index in [0.717, 1.165) is 23.8 Å². The number of carbonyl (C=O) groups is 7.